The van der Waals surface area contributed by atoms with E-state index in [0.29, 0.717) is 0 Å². The second-order valence-electron chi connectivity index (χ2n) is 3.90. The highest BCUT2D eigenvalue weighted by Crippen LogP contribution is 2.11. The van der Waals surface area contributed by atoms with Crippen molar-refractivity contribution in [3.63, 3.8) is 0 Å². The van der Waals surface area contributed by atoms with E-state index >= 15 is 0 Å². The lowest BCUT2D eigenvalue weighted by molar-refractivity contribution is 0.324. The third-order valence-corrected chi connectivity index (χ3v) is 4.04. The van der Waals surface area contributed by atoms with Crippen molar-refractivity contribution in [1.82, 2.24) is 10.2 Å². The van der Waals surface area contributed by atoms with E-state index in [4.69, 9.17) is 0 Å². The Hall–Kier alpha value is 0.270. The molecule has 1 atom stereocenters. The molecule has 84 valence electrons. The number of hydrogen-bond acceptors (Lipinski definition) is 3. The number of nitrogens with one attached hydrogen (secondary N) is 1. The SMILES string of the molecule is CCN(CC)CCSC[C@H]1CCCN1. The zero-order chi connectivity index (χ0) is 10.2. The molecule has 0 spiro atoms. The third kappa shape index (κ3) is 4.67. The maximum atomic E-state index is 3.54. The summed E-state index contributed by atoms with van der Waals surface area (Å²) in [6.07, 6.45) is 2.76. The van der Waals surface area contributed by atoms with Crippen molar-refractivity contribution in [3.05, 3.63) is 0 Å². The molecule has 0 bridgehead atoms. The second kappa shape index (κ2) is 7.55. The number of rotatable bonds is 7. The molecule has 1 aliphatic heterocycles. The molecule has 0 aromatic rings. The van der Waals surface area contributed by atoms with Crippen LogP contribution in [-0.2, 0) is 0 Å². The molecule has 0 unspecified atom stereocenters. The lowest BCUT2D eigenvalue weighted by Crippen LogP contribution is -2.27. The topological polar surface area (TPSA) is 15.3 Å². The van der Waals surface area contributed by atoms with Crippen molar-refractivity contribution in [2.24, 2.45) is 0 Å². The minimum absolute atomic E-state index is 0.803. The van der Waals surface area contributed by atoms with Crippen LogP contribution in [-0.4, -0.2) is 48.6 Å². The summed E-state index contributed by atoms with van der Waals surface area (Å²) in [5.41, 5.74) is 0. The zero-order valence-electron chi connectivity index (χ0n) is 9.59. The van der Waals surface area contributed by atoms with E-state index < -0.39 is 0 Å². The first kappa shape index (κ1) is 12.3. The Morgan fingerprint density at radius 2 is 2.14 bits per heavy atom. The lowest BCUT2D eigenvalue weighted by Gasteiger charge is -2.18. The minimum Gasteiger partial charge on any atom is -0.313 e. The van der Waals surface area contributed by atoms with Crippen LogP contribution in [0.2, 0.25) is 0 Å². The quantitative estimate of drug-likeness (QED) is 0.654. The Kier molecular flexibility index (Phi) is 6.65. The van der Waals surface area contributed by atoms with Crippen LogP contribution in [0.25, 0.3) is 0 Å². The van der Waals surface area contributed by atoms with Gasteiger partial charge >= 0.3 is 0 Å². The van der Waals surface area contributed by atoms with E-state index in [9.17, 15) is 0 Å². The van der Waals surface area contributed by atoms with E-state index in [-0.39, 0.29) is 0 Å². The molecule has 0 saturated carbocycles. The Labute approximate surface area is 92.8 Å². The standard InChI is InChI=1S/C11H24N2S/c1-3-13(4-2)8-9-14-10-11-6-5-7-12-11/h11-12H,3-10H2,1-2H3/t11-/m1/s1. The van der Waals surface area contributed by atoms with Gasteiger partial charge in [-0.05, 0) is 32.5 Å². The van der Waals surface area contributed by atoms with Gasteiger partial charge in [0.05, 0.1) is 0 Å². The minimum atomic E-state index is 0.803. The highest BCUT2D eigenvalue weighted by Gasteiger charge is 2.13. The Morgan fingerprint density at radius 1 is 1.36 bits per heavy atom. The van der Waals surface area contributed by atoms with Crippen LogP contribution in [0, 0.1) is 0 Å². The average Bonchev–Trinajstić information content (AvgIpc) is 2.71. The monoisotopic (exact) mass is 216 g/mol. The summed E-state index contributed by atoms with van der Waals surface area (Å²) < 4.78 is 0. The van der Waals surface area contributed by atoms with Crippen LogP contribution >= 0.6 is 11.8 Å². The Morgan fingerprint density at radius 3 is 2.71 bits per heavy atom. The predicted octanol–water partition coefficient (Wildman–Crippen LogP) is 1.81. The van der Waals surface area contributed by atoms with E-state index in [1.54, 1.807) is 0 Å². The fourth-order valence-electron chi connectivity index (χ4n) is 1.86. The van der Waals surface area contributed by atoms with Crippen molar-refractivity contribution in [1.29, 1.82) is 0 Å². The van der Waals surface area contributed by atoms with Gasteiger partial charge in [0.25, 0.3) is 0 Å². The van der Waals surface area contributed by atoms with Crippen molar-refractivity contribution < 1.29 is 0 Å². The fourth-order valence-corrected chi connectivity index (χ4v) is 2.98. The molecule has 1 fully saturated rings. The van der Waals surface area contributed by atoms with Gasteiger partial charge in [-0.1, -0.05) is 13.8 Å². The molecule has 3 heteroatoms. The van der Waals surface area contributed by atoms with Crippen LogP contribution in [0.4, 0.5) is 0 Å². The molecule has 1 saturated heterocycles. The van der Waals surface area contributed by atoms with Gasteiger partial charge in [-0.25, -0.2) is 0 Å². The molecule has 1 aliphatic rings. The molecular weight excluding hydrogens is 192 g/mol. The average molecular weight is 216 g/mol. The third-order valence-electron chi connectivity index (χ3n) is 2.93. The number of thioether (sulfide) groups is 1. The molecule has 0 aromatic carbocycles. The predicted molar refractivity (Wildman–Crippen MR) is 66.1 cm³/mol. The summed E-state index contributed by atoms with van der Waals surface area (Å²) in [4.78, 5) is 2.50. The molecule has 14 heavy (non-hydrogen) atoms. The Balaban J connectivity index is 1.92. The summed E-state index contributed by atoms with van der Waals surface area (Å²) >= 11 is 2.11. The van der Waals surface area contributed by atoms with Gasteiger partial charge in [-0.2, -0.15) is 11.8 Å². The van der Waals surface area contributed by atoms with Crippen LogP contribution < -0.4 is 5.32 Å². The van der Waals surface area contributed by atoms with Crippen LogP contribution in [0.1, 0.15) is 26.7 Å². The number of hydrogen-bond donors (Lipinski definition) is 1. The Bertz CT molecular complexity index is 127. The van der Waals surface area contributed by atoms with Gasteiger partial charge in [-0.15, -0.1) is 0 Å². The molecule has 0 aromatic heterocycles. The van der Waals surface area contributed by atoms with E-state index in [2.05, 4.69) is 35.8 Å². The molecule has 0 amide bonds. The van der Waals surface area contributed by atoms with Crippen LogP contribution in [0.5, 0.6) is 0 Å². The first-order chi connectivity index (χ1) is 6.86. The molecule has 1 heterocycles. The summed E-state index contributed by atoms with van der Waals surface area (Å²) in [6.45, 7) is 9.36. The first-order valence-corrected chi connectivity index (χ1v) is 7.05. The van der Waals surface area contributed by atoms with Gasteiger partial charge < -0.3 is 10.2 Å². The van der Waals surface area contributed by atoms with Gasteiger partial charge in [-0.3, -0.25) is 0 Å². The molecule has 1 N–H and O–H groups in total. The number of nitrogens with zero attached hydrogens (tertiary/aromatic N) is 1. The van der Waals surface area contributed by atoms with Gasteiger partial charge in [0.1, 0.15) is 0 Å². The van der Waals surface area contributed by atoms with Crippen molar-refractivity contribution >= 4 is 11.8 Å². The van der Waals surface area contributed by atoms with E-state index in [1.807, 2.05) is 0 Å². The van der Waals surface area contributed by atoms with Gasteiger partial charge in [0, 0.05) is 24.1 Å². The summed E-state index contributed by atoms with van der Waals surface area (Å²) in [5, 5.41) is 3.54. The maximum Gasteiger partial charge on any atom is 0.0158 e. The normalized spacial score (nSPS) is 22.1. The van der Waals surface area contributed by atoms with E-state index in [1.165, 1.54) is 50.5 Å². The van der Waals surface area contributed by atoms with Crippen LogP contribution in [0.15, 0.2) is 0 Å². The molecule has 2 nitrogen and oxygen atoms in total. The van der Waals surface area contributed by atoms with Gasteiger partial charge in [0.2, 0.25) is 0 Å². The largest absolute Gasteiger partial charge is 0.313 e. The van der Waals surface area contributed by atoms with Crippen LogP contribution in [0.3, 0.4) is 0 Å². The van der Waals surface area contributed by atoms with Gasteiger partial charge in [0.15, 0.2) is 0 Å². The smallest absolute Gasteiger partial charge is 0.0158 e. The van der Waals surface area contributed by atoms with Crippen molar-refractivity contribution in [2.45, 2.75) is 32.7 Å². The molecule has 0 aliphatic carbocycles. The fraction of sp³-hybridized carbons (Fsp3) is 1.00. The summed E-state index contributed by atoms with van der Waals surface area (Å²) in [7, 11) is 0. The molecule has 1 rings (SSSR count). The summed E-state index contributed by atoms with van der Waals surface area (Å²) in [5.74, 6) is 2.60. The maximum absolute atomic E-state index is 3.54. The highest BCUT2D eigenvalue weighted by atomic mass is 32.2. The van der Waals surface area contributed by atoms with Crippen molar-refractivity contribution in [2.75, 3.05) is 37.7 Å². The van der Waals surface area contributed by atoms with Crippen molar-refractivity contribution in [3.8, 4) is 0 Å². The highest BCUT2D eigenvalue weighted by molar-refractivity contribution is 7.99. The molecule has 0 radical (unpaired) electrons. The lowest BCUT2D eigenvalue weighted by atomic mass is 10.3. The zero-order valence-corrected chi connectivity index (χ0v) is 10.4. The second-order valence-corrected chi connectivity index (χ2v) is 5.04. The molecular formula is C11H24N2S. The first-order valence-electron chi connectivity index (χ1n) is 5.90. The van der Waals surface area contributed by atoms with E-state index in [0.717, 1.165) is 6.04 Å². The summed E-state index contributed by atoms with van der Waals surface area (Å²) in [6, 6.07) is 0.803.